The summed E-state index contributed by atoms with van der Waals surface area (Å²) in [5.41, 5.74) is 4.69. The molecule has 0 radical (unpaired) electrons. The van der Waals surface area contributed by atoms with Crippen LogP contribution in [-0.2, 0) is 0 Å². The average molecular weight is 293 g/mol. The molecule has 0 aliphatic heterocycles. The maximum atomic E-state index is 13.2. The van der Waals surface area contributed by atoms with Gasteiger partial charge in [0, 0.05) is 17.4 Å². The Balaban J connectivity index is 2.27. The van der Waals surface area contributed by atoms with Gasteiger partial charge in [-0.15, -0.1) is 0 Å². The number of hydrogen-bond donors (Lipinski definition) is 2. The van der Waals surface area contributed by atoms with Gasteiger partial charge in [-0.2, -0.15) is 4.39 Å². The number of rotatable bonds is 3. The minimum atomic E-state index is -1.01. The Hall–Kier alpha value is -3.03. The van der Waals surface area contributed by atoms with E-state index in [1.807, 2.05) is 0 Å². The van der Waals surface area contributed by atoms with Gasteiger partial charge in [0.2, 0.25) is 5.82 Å². The first-order valence-electron chi connectivity index (χ1n) is 5.69. The third-order valence-corrected chi connectivity index (χ3v) is 2.66. The van der Waals surface area contributed by atoms with Crippen LogP contribution in [-0.4, -0.2) is 10.8 Å². The fraction of sp³-hybridized carbons (Fsp3) is 0. The van der Waals surface area contributed by atoms with Crippen molar-refractivity contribution in [2.24, 2.45) is 0 Å². The van der Waals surface area contributed by atoms with E-state index in [-0.39, 0.29) is 16.9 Å². The molecule has 2 aromatic carbocycles. The lowest BCUT2D eigenvalue weighted by molar-refractivity contribution is -0.387. The number of hydrogen-bond acceptors (Lipinski definition) is 4. The molecule has 0 aromatic heterocycles. The molecule has 0 spiro atoms. The summed E-state index contributed by atoms with van der Waals surface area (Å²) in [6, 6.07) is 6.12. The monoisotopic (exact) mass is 293 g/mol. The highest BCUT2D eigenvalue weighted by Gasteiger charge is 2.16. The number of nitro groups is 1. The summed E-state index contributed by atoms with van der Waals surface area (Å²) in [5.74, 6) is -2.30. The predicted molar refractivity (Wildman–Crippen MR) is 71.8 cm³/mol. The molecule has 3 N–H and O–H groups in total. The molecular weight excluding hydrogens is 284 g/mol. The lowest BCUT2D eigenvalue weighted by atomic mass is 10.1. The molecule has 0 bridgehead atoms. The first-order chi connectivity index (χ1) is 9.88. The SMILES string of the molecule is Nc1cc(F)ccc1C(=O)Nc1ccc(F)c([N+](=O)[O-])c1. The van der Waals surface area contributed by atoms with Gasteiger partial charge in [-0.1, -0.05) is 0 Å². The standard InChI is InChI=1S/C13H9F2N3O3/c14-7-1-3-9(11(16)5-7)13(19)17-8-2-4-10(15)12(6-8)18(20)21/h1-6H,16H2,(H,17,19). The number of nitro benzene ring substituents is 1. The van der Waals surface area contributed by atoms with Crippen molar-refractivity contribution in [3.8, 4) is 0 Å². The van der Waals surface area contributed by atoms with Crippen molar-refractivity contribution in [3.05, 3.63) is 63.7 Å². The number of carbonyl (C=O) groups is 1. The second kappa shape index (κ2) is 5.53. The number of benzene rings is 2. The predicted octanol–water partition coefficient (Wildman–Crippen LogP) is 2.71. The van der Waals surface area contributed by atoms with Crippen LogP contribution < -0.4 is 11.1 Å². The Morgan fingerprint density at radius 2 is 1.90 bits per heavy atom. The molecule has 0 aliphatic rings. The Morgan fingerprint density at radius 3 is 2.52 bits per heavy atom. The van der Waals surface area contributed by atoms with E-state index in [2.05, 4.69) is 5.32 Å². The summed E-state index contributed by atoms with van der Waals surface area (Å²) >= 11 is 0. The van der Waals surface area contributed by atoms with Crippen molar-refractivity contribution in [3.63, 3.8) is 0 Å². The molecule has 108 valence electrons. The maximum Gasteiger partial charge on any atom is 0.306 e. The molecule has 0 unspecified atom stereocenters. The molecule has 2 aromatic rings. The molecule has 8 heteroatoms. The van der Waals surface area contributed by atoms with Crippen molar-refractivity contribution < 1.29 is 18.5 Å². The summed E-state index contributed by atoms with van der Waals surface area (Å²) in [4.78, 5) is 21.6. The number of anilines is 2. The van der Waals surface area contributed by atoms with Gasteiger partial charge < -0.3 is 11.1 Å². The number of nitrogens with two attached hydrogens (primary N) is 1. The maximum absolute atomic E-state index is 13.2. The van der Waals surface area contributed by atoms with Crippen molar-refractivity contribution in [2.75, 3.05) is 11.1 Å². The lowest BCUT2D eigenvalue weighted by Crippen LogP contribution is -2.14. The normalized spacial score (nSPS) is 10.2. The summed E-state index contributed by atoms with van der Waals surface area (Å²) in [7, 11) is 0. The van der Waals surface area contributed by atoms with Gasteiger partial charge >= 0.3 is 5.69 Å². The summed E-state index contributed by atoms with van der Waals surface area (Å²) in [6.45, 7) is 0. The number of nitrogen functional groups attached to an aromatic ring is 1. The minimum Gasteiger partial charge on any atom is -0.398 e. The molecule has 2 rings (SSSR count). The van der Waals surface area contributed by atoms with E-state index in [0.717, 1.165) is 24.3 Å². The van der Waals surface area contributed by atoms with Gasteiger partial charge in [-0.3, -0.25) is 14.9 Å². The highest BCUT2D eigenvalue weighted by Crippen LogP contribution is 2.23. The van der Waals surface area contributed by atoms with Crippen LogP contribution in [0.15, 0.2) is 36.4 Å². The first-order valence-corrected chi connectivity index (χ1v) is 5.69. The molecule has 21 heavy (non-hydrogen) atoms. The zero-order valence-electron chi connectivity index (χ0n) is 10.5. The molecule has 6 nitrogen and oxygen atoms in total. The molecule has 0 saturated carbocycles. The highest BCUT2D eigenvalue weighted by atomic mass is 19.1. The summed E-state index contributed by atoms with van der Waals surface area (Å²) in [5, 5.41) is 12.9. The van der Waals surface area contributed by atoms with Crippen molar-refractivity contribution in [1.82, 2.24) is 0 Å². The van der Waals surface area contributed by atoms with Crippen molar-refractivity contribution in [1.29, 1.82) is 0 Å². The quantitative estimate of drug-likeness (QED) is 0.516. The third kappa shape index (κ3) is 3.11. The minimum absolute atomic E-state index is 0.00313. The van der Waals surface area contributed by atoms with Crippen LogP contribution in [0.25, 0.3) is 0 Å². The highest BCUT2D eigenvalue weighted by molar-refractivity contribution is 6.07. The van der Waals surface area contributed by atoms with Crippen LogP contribution in [0.1, 0.15) is 10.4 Å². The van der Waals surface area contributed by atoms with Crippen LogP contribution >= 0.6 is 0 Å². The van der Waals surface area contributed by atoms with E-state index in [4.69, 9.17) is 5.73 Å². The van der Waals surface area contributed by atoms with Gasteiger partial charge in [0.1, 0.15) is 5.82 Å². The third-order valence-electron chi connectivity index (χ3n) is 2.66. The van der Waals surface area contributed by atoms with Gasteiger partial charge in [0.05, 0.1) is 10.5 Å². The van der Waals surface area contributed by atoms with E-state index >= 15 is 0 Å². The molecule has 0 heterocycles. The van der Waals surface area contributed by atoms with Crippen LogP contribution in [0.4, 0.5) is 25.8 Å². The average Bonchev–Trinajstić information content (AvgIpc) is 2.40. The summed E-state index contributed by atoms with van der Waals surface area (Å²) < 4.78 is 26.1. The fourth-order valence-corrected chi connectivity index (χ4v) is 1.67. The smallest absolute Gasteiger partial charge is 0.306 e. The van der Waals surface area contributed by atoms with Gasteiger partial charge in [-0.25, -0.2) is 4.39 Å². The summed E-state index contributed by atoms with van der Waals surface area (Å²) in [6.07, 6.45) is 0. The van der Waals surface area contributed by atoms with Gasteiger partial charge in [-0.05, 0) is 30.3 Å². The Labute approximate surface area is 117 Å². The van der Waals surface area contributed by atoms with E-state index in [1.54, 1.807) is 0 Å². The van der Waals surface area contributed by atoms with Crippen molar-refractivity contribution >= 4 is 23.0 Å². The Bertz CT molecular complexity index is 735. The first kappa shape index (κ1) is 14.4. The molecule has 1 amide bonds. The van der Waals surface area contributed by atoms with E-state index in [9.17, 15) is 23.7 Å². The molecule has 0 aliphatic carbocycles. The zero-order valence-corrected chi connectivity index (χ0v) is 10.5. The number of amides is 1. The Kier molecular flexibility index (Phi) is 3.79. The molecule has 0 fully saturated rings. The molecule has 0 saturated heterocycles. The second-order valence-corrected chi connectivity index (χ2v) is 4.11. The Morgan fingerprint density at radius 1 is 1.19 bits per heavy atom. The van der Waals surface area contributed by atoms with Crippen molar-refractivity contribution in [2.45, 2.75) is 0 Å². The lowest BCUT2D eigenvalue weighted by Gasteiger charge is -2.07. The number of halogens is 2. The van der Waals surface area contributed by atoms with E-state index in [0.29, 0.717) is 0 Å². The van der Waals surface area contributed by atoms with E-state index < -0.39 is 28.2 Å². The number of nitrogens with one attached hydrogen (secondary N) is 1. The van der Waals surface area contributed by atoms with E-state index in [1.165, 1.54) is 12.1 Å². The van der Waals surface area contributed by atoms with Crippen LogP contribution in [0, 0.1) is 21.7 Å². The molecule has 0 atom stereocenters. The number of nitrogens with zero attached hydrogens (tertiary/aromatic N) is 1. The topological polar surface area (TPSA) is 98.3 Å². The van der Waals surface area contributed by atoms with Gasteiger partial charge in [0.25, 0.3) is 5.91 Å². The second-order valence-electron chi connectivity index (χ2n) is 4.11. The zero-order chi connectivity index (χ0) is 15.6. The van der Waals surface area contributed by atoms with Crippen LogP contribution in [0.2, 0.25) is 0 Å². The van der Waals surface area contributed by atoms with Crippen LogP contribution in [0.5, 0.6) is 0 Å². The van der Waals surface area contributed by atoms with Crippen LogP contribution in [0.3, 0.4) is 0 Å². The largest absolute Gasteiger partial charge is 0.398 e. The molecular formula is C13H9F2N3O3. The fourth-order valence-electron chi connectivity index (χ4n) is 1.67. The number of carbonyl (C=O) groups excluding carboxylic acids is 1. The van der Waals surface area contributed by atoms with Gasteiger partial charge in [0.15, 0.2) is 0 Å².